The van der Waals surface area contributed by atoms with Gasteiger partial charge >= 0.3 is 12.0 Å². The highest BCUT2D eigenvalue weighted by Crippen LogP contribution is 2.21. The Morgan fingerprint density at radius 2 is 2.21 bits per heavy atom. The Labute approximate surface area is 116 Å². The molecule has 0 bridgehead atoms. The summed E-state index contributed by atoms with van der Waals surface area (Å²) in [6.45, 7) is 1.75. The Bertz CT molecular complexity index is 537. The normalized spacial score (nSPS) is 11.2. The van der Waals surface area contributed by atoms with Crippen LogP contribution in [0.25, 0.3) is 0 Å². The van der Waals surface area contributed by atoms with Crippen molar-refractivity contribution in [1.29, 1.82) is 0 Å². The number of amides is 2. The topological polar surface area (TPSA) is 78.4 Å². The zero-order valence-electron chi connectivity index (χ0n) is 10.2. The van der Waals surface area contributed by atoms with Crippen LogP contribution in [0.3, 0.4) is 0 Å². The van der Waals surface area contributed by atoms with Gasteiger partial charge in [-0.1, -0.05) is 11.6 Å². The summed E-state index contributed by atoms with van der Waals surface area (Å²) >= 11 is 5.77. The lowest BCUT2D eigenvalue weighted by Crippen LogP contribution is -2.36. The molecular formula is C13H13ClN2O3. The third kappa shape index (κ3) is 4.53. The van der Waals surface area contributed by atoms with Crippen LogP contribution >= 0.6 is 11.6 Å². The van der Waals surface area contributed by atoms with E-state index in [1.165, 1.54) is 18.2 Å². The van der Waals surface area contributed by atoms with Gasteiger partial charge in [0.15, 0.2) is 0 Å². The van der Waals surface area contributed by atoms with Crippen molar-refractivity contribution < 1.29 is 14.7 Å². The number of benzene rings is 1. The van der Waals surface area contributed by atoms with Gasteiger partial charge in [0, 0.05) is 17.5 Å². The van der Waals surface area contributed by atoms with E-state index in [1.807, 2.05) is 0 Å². The molecule has 5 nitrogen and oxygen atoms in total. The number of carbonyl (C=O) groups excluding carboxylic acids is 1. The van der Waals surface area contributed by atoms with Crippen molar-refractivity contribution in [2.24, 2.45) is 0 Å². The van der Waals surface area contributed by atoms with Crippen LogP contribution in [0.5, 0.6) is 0 Å². The average molecular weight is 281 g/mol. The number of hydrogen-bond donors (Lipinski definition) is 3. The summed E-state index contributed by atoms with van der Waals surface area (Å²) in [5, 5.41) is 14.3. The van der Waals surface area contributed by atoms with E-state index >= 15 is 0 Å². The highest BCUT2D eigenvalue weighted by atomic mass is 35.5. The van der Waals surface area contributed by atoms with Crippen LogP contribution in [0.1, 0.15) is 23.7 Å². The van der Waals surface area contributed by atoms with Crippen molar-refractivity contribution in [3.8, 4) is 12.3 Å². The van der Waals surface area contributed by atoms with Crippen LogP contribution < -0.4 is 10.6 Å². The van der Waals surface area contributed by atoms with Gasteiger partial charge in [-0.3, -0.25) is 0 Å². The number of aromatic carboxylic acids is 1. The van der Waals surface area contributed by atoms with Crippen LogP contribution in [0.2, 0.25) is 5.02 Å². The molecule has 0 saturated heterocycles. The third-order valence-corrected chi connectivity index (χ3v) is 2.50. The van der Waals surface area contributed by atoms with E-state index < -0.39 is 12.0 Å². The van der Waals surface area contributed by atoms with Crippen molar-refractivity contribution in [2.75, 3.05) is 5.32 Å². The maximum atomic E-state index is 11.7. The number of hydrogen-bond acceptors (Lipinski definition) is 2. The second-order valence-corrected chi connectivity index (χ2v) is 4.34. The highest BCUT2D eigenvalue weighted by Gasteiger charge is 2.13. The molecule has 0 fully saturated rings. The third-order valence-electron chi connectivity index (χ3n) is 2.26. The number of carbonyl (C=O) groups is 2. The molecule has 1 unspecified atom stereocenters. The lowest BCUT2D eigenvalue weighted by molar-refractivity contribution is 0.0698. The fraction of sp³-hybridized carbons (Fsp3) is 0.231. The number of terminal acetylenes is 1. The van der Waals surface area contributed by atoms with E-state index in [1.54, 1.807) is 6.92 Å². The monoisotopic (exact) mass is 280 g/mol. The summed E-state index contributed by atoms with van der Waals surface area (Å²) in [7, 11) is 0. The van der Waals surface area contributed by atoms with E-state index in [2.05, 4.69) is 16.6 Å². The minimum Gasteiger partial charge on any atom is -0.478 e. The lowest BCUT2D eigenvalue weighted by Gasteiger charge is -2.13. The number of urea groups is 1. The van der Waals surface area contributed by atoms with Crippen molar-refractivity contribution >= 4 is 29.3 Å². The minimum atomic E-state index is -1.15. The average Bonchev–Trinajstić information content (AvgIpc) is 2.28. The van der Waals surface area contributed by atoms with Crippen molar-refractivity contribution in [3.63, 3.8) is 0 Å². The molecule has 6 heteroatoms. The van der Waals surface area contributed by atoms with E-state index in [4.69, 9.17) is 23.1 Å². The van der Waals surface area contributed by atoms with E-state index in [9.17, 15) is 9.59 Å². The predicted octanol–water partition coefficient (Wildman–Crippen LogP) is 2.57. The van der Waals surface area contributed by atoms with Gasteiger partial charge < -0.3 is 15.7 Å². The molecule has 0 aromatic heterocycles. The van der Waals surface area contributed by atoms with Crippen molar-refractivity contribution in [1.82, 2.24) is 5.32 Å². The zero-order chi connectivity index (χ0) is 14.4. The maximum Gasteiger partial charge on any atom is 0.337 e. The van der Waals surface area contributed by atoms with Crippen LogP contribution in [0.4, 0.5) is 10.5 Å². The predicted molar refractivity (Wildman–Crippen MR) is 73.5 cm³/mol. The largest absolute Gasteiger partial charge is 0.478 e. The van der Waals surface area contributed by atoms with E-state index in [-0.39, 0.29) is 17.3 Å². The number of rotatable bonds is 4. The first kappa shape index (κ1) is 14.9. The van der Waals surface area contributed by atoms with Gasteiger partial charge in [-0.25, -0.2) is 9.59 Å². The summed E-state index contributed by atoms with van der Waals surface area (Å²) in [5.41, 5.74) is 0.0922. The quantitative estimate of drug-likeness (QED) is 0.742. The van der Waals surface area contributed by atoms with Gasteiger partial charge in [0.1, 0.15) is 0 Å². The summed E-state index contributed by atoms with van der Waals surface area (Å²) in [6, 6.07) is 3.39. The van der Waals surface area contributed by atoms with Crippen LogP contribution in [0, 0.1) is 12.3 Å². The van der Waals surface area contributed by atoms with Gasteiger partial charge in [-0.05, 0) is 25.1 Å². The van der Waals surface area contributed by atoms with Crippen molar-refractivity contribution in [2.45, 2.75) is 19.4 Å². The molecule has 19 heavy (non-hydrogen) atoms. The highest BCUT2D eigenvalue weighted by molar-refractivity contribution is 6.31. The van der Waals surface area contributed by atoms with Crippen LogP contribution in [-0.4, -0.2) is 23.1 Å². The molecule has 0 spiro atoms. The molecular weight excluding hydrogens is 268 g/mol. The molecule has 1 atom stereocenters. The Hall–Kier alpha value is -2.19. The molecule has 0 aliphatic carbocycles. The van der Waals surface area contributed by atoms with Gasteiger partial charge in [0.2, 0.25) is 0 Å². The molecule has 2 amide bonds. The summed E-state index contributed by atoms with van der Waals surface area (Å²) in [4.78, 5) is 22.7. The van der Waals surface area contributed by atoms with Gasteiger partial charge in [0.25, 0.3) is 0 Å². The van der Waals surface area contributed by atoms with Gasteiger partial charge in [-0.2, -0.15) is 0 Å². The smallest absolute Gasteiger partial charge is 0.337 e. The summed E-state index contributed by atoms with van der Waals surface area (Å²) in [5.74, 6) is 1.27. The number of carboxylic acid groups (broad SMARTS) is 1. The lowest BCUT2D eigenvalue weighted by atomic mass is 10.2. The Kier molecular flexibility index (Phi) is 5.22. The van der Waals surface area contributed by atoms with Crippen molar-refractivity contribution in [3.05, 3.63) is 28.8 Å². The number of anilines is 1. The molecule has 3 N–H and O–H groups in total. The van der Waals surface area contributed by atoms with E-state index in [0.29, 0.717) is 11.4 Å². The molecule has 0 heterocycles. The standard InChI is InChI=1S/C13H13ClN2O3/c1-3-4-8(2)15-13(19)16-11-7-9(14)5-6-10(11)12(17)18/h1,5-8H,4H2,2H3,(H,17,18)(H2,15,16,19). The Balaban J connectivity index is 2.81. The molecule has 0 aliphatic heterocycles. The Morgan fingerprint density at radius 1 is 1.53 bits per heavy atom. The number of carboxylic acids is 1. The molecule has 100 valence electrons. The first-order valence-corrected chi connectivity index (χ1v) is 5.85. The first-order chi connectivity index (χ1) is 8.93. The molecule has 1 rings (SSSR count). The molecule has 0 saturated carbocycles. The molecule has 1 aromatic rings. The second kappa shape index (κ2) is 6.66. The van der Waals surface area contributed by atoms with Gasteiger partial charge in [-0.15, -0.1) is 12.3 Å². The maximum absolute atomic E-state index is 11.7. The Morgan fingerprint density at radius 3 is 2.79 bits per heavy atom. The van der Waals surface area contributed by atoms with Gasteiger partial charge in [0.05, 0.1) is 11.3 Å². The summed E-state index contributed by atoms with van der Waals surface area (Å²) in [6.07, 6.45) is 5.51. The molecule has 1 aromatic carbocycles. The molecule has 0 aliphatic rings. The molecule has 0 radical (unpaired) electrons. The van der Waals surface area contributed by atoms with Crippen LogP contribution in [-0.2, 0) is 0 Å². The number of halogens is 1. The zero-order valence-corrected chi connectivity index (χ0v) is 11.0. The summed E-state index contributed by atoms with van der Waals surface area (Å²) < 4.78 is 0. The van der Waals surface area contributed by atoms with Crippen LogP contribution in [0.15, 0.2) is 18.2 Å². The number of nitrogens with one attached hydrogen (secondary N) is 2. The fourth-order valence-electron chi connectivity index (χ4n) is 1.42. The SMILES string of the molecule is C#CCC(C)NC(=O)Nc1cc(Cl)ccc1C(=O)O. The van der Waals surface area contributed by atoms with E-state index in [0.717, 1.165) is 0 Å². The minimum absolute atomic E-state index is 0.0378. The second-order valence-electron chi connectivity index (χ2n) is 3.90. The fourth-order valence-corrected chi connectivity index (χ4v) is 1.59. The first-order valence-electron chi connectivity index (χ1n) is 5.48.